The van der Waals surface area contributed by atoms with Gasteiger partial charge in [0.2, 0.25) is 0 Å². The lowest BCUT2D eigenvalue weighted by atomic mass is 10.1. The molecule has 1 aromatic rings. The van der Waals surface area contributed by atoms with Crippen molar-refractivity contribution in [1.29, 1.82) is 0 Å². The van der Waals surface area contributed by atoms with E-state index in [9.17, 15) is 4.39 Å². The Bertz CT molecular complexity index is 328. The first-order valence-corrected chi connectivity index (χ1v) is 5.75. The van der Waals surface area contributed by atoms with Crippen LogP contribution in [0.3, 0.4) is 0 Å². The number of hydrogen-bond acceptors (Lipinski definition) is 2. The molecular weight excluding hydrogens is 259 g/mol. The number of nitrogens with two attached hydrogens (primary N) is 1. The smallest absolute Gasteiger partial charge is 0.124 e. The lowest BCUT2D eigenvalue weighted by Crippen LogP contribution is -2.33. The minimum absolute atomic E-state index is 0.0555. The summed E-state index contributed by atoms with van der Waals surface area (Å²) in [5, 5.41) is 3.33. The lowest BCUT2D eigenvalue weighted by molar-refractivity contribution is 0.481. The molecule has 0 radical (unpaired) electrons. The first-order chi connectivity index (χ1) is 7.04. The van der Waals surface area contributed by atoms with E-state index in [1.54, 1.807) is 6.07 Å². The molecule has 1 unspecified atom stereocenters. The molecule has 0 aliphatic rings. The molecule has 0 heterocycles. The highest BCUT2D eigenvalue weighted by molar-refractivity contribution is 9.10. The Labute approximate surface area is 98.2 Å². The zero-order chi connectivity index (χ0) is 11.4. The van der Waals surface area contributed by atoms with Crippen molar-refractivity contribution in [3.05, 3.63) is 34.1 Å². The van der Waals surface area contributed by atoms with Gasteiger partial charge in [0.25, 0.3) is 0 Å². The molecule has 3 N–H and O–H groups in total. The van der Waals surface area contributed by atoms with Crippen molar-refractivity contribution >= 4 is 15.9 Å². The van der Waals surface area contributed by atoms with Crippen molar-refractivity contribution < 1.29 is 4.39 Å². The molecule has 0 aromatic heterocycles. The van der Waals surface area contributed by atoms with E-state index in [0.29, 0.717) is 12.6 Å². The number of nitrogens with one attached hydrogen (secondary N) is 1. The predicted octanol–water partition coefficient (Wildman–Crippen LogP) is 2.59. The third-order valence-corrected chi connectivity index (χ3v) is 2.79. The third kappa shape index (κ3) is 3.55. The third-order valence-electron chi connectivity index (χ3n) is 2.11. The fourth-order valence-electron chi connectivity index (χ4n) is 1.47. The minimum atomic E-state index is -0.244. The molecular formula is C11H16BrFN2. The predicted molar refractivity (Wildman–Crippen MR) is 64.2 cm³/mol. The zero-order valence-corrected chi connectivity index (χ0v) is 10.5. The van der Waals surface area contributed by atoms with Gasteiger partial charge in [0.05, 0.1) is 0 Å². The van der Waals surface area contributed by atoms with Gasteiger partial charge in [0, 0.05) is 23.1 Å². The van der Waals surface area contributed by atoms with Crippen molar-refractivity contribution in [2.75, 3.05) is 6.54 Å². The van der Waals surface area contributed by atoms with E-state index < -0.39 is 0 Å². The van der Waals surface area contributed by atoms with Crippen LogP contribution in [-0.4, -0.2) is 12.6 Å². The summed E-state index contributed by atoms with van der Waals surface area (Å²) in [4.78, 5) is 0. The average molecular weight is 275 g/mol. The summed E-state index contributed by atoms with van der Waals surface area (Å²) in [6.45, 7) is 4.60. The van der Waals surface area contributed by atoms with Crippen molar-refractivity contribution in [3.63, 3.8) is 0 Å². The molecule has 0 spiro atoms. The van der Waals surface area contributed by atoms with E-state index in [-0.39, 0.29) is 11.9 Å². The monoisotopic (exact) mass is 274 g/mol. The quantitative estimate of drug-likeness (QED) is 0.886. The Kier molecular flexibility index (Phi) is 4.70. The van der Waals surface area contributed by atoms with E-state index in [2.05, 4.69) is 35.1 Å². The zero-order valence-electron chi connectivity index (χ0n) is 8.93. The molecule has 0 fully saturated rings. The molecule has 0 aliphatic carbocycles. The Hall–Kier alpha value is -0.450. The van der Waals surface area contributed by atoms with Crippen LogP contribution in [0, 0.1) is 5.82 Å². The Balaban J connectivity index is 2.91. The minimum Gasteiger partial charge on any atom is -0.329 e. The molecule has 15 heavy (non-hydrogen) atoms. The fourth-order valence-corrected chi connectivity index (χ4v) is 2.10. The molecule has 1 atom stereocenters. The summed E-state index contributed by atoms with van der Waals surface area (Å²) >= 11 is 3.34. The topological polar surface area (TPSA) is 38.0 Å². The first kappa shape index (κ1) is 12.6. The Morgan fingerprint density at radius 1 is 1.47 bits per heavy atom. The molecule has 1 aromatic carbocycles. The molecule has 4 heteroatoms. The van der Waals surface area contributed by atoms with Crippen LogP contribution in [0.25, 0.3) is 0 Å². The van der Waals surface area contributed by atoms with Gasteiger partial charge < -0.3 is 11.1 Å². The van der Waals surface area contributed by atoms with Crippen molar-refractivity contribution in [3.8, 4) is 0 Å². The second-order valence-corrected chi connectivity index (χ2v) is 4.63. The van der Waals surface area contributed by atoms with Gasteiger partial charge in [0.15, 0.2) is 0 Å². The van der Waals surface area contributed by atoms with E-state index >= 15 is 0 Å². The summed E-state index contributed by atoms with van der Waals surface area (Å²) in [6, 6.07) is 5.06. The summed E-state index contributed by atoms with van der Waals surface area (Å²) < 4.78 is 13.7. The second kappa shape index (κ2) is 5.58. The van der Waals surface area contributed by atoms with Gasteiger partial charge in [-0.2, -0.15) is 0 Å². The summed E-state index contributed by atoms with van der Waals surface area (Å²) in [5.41, 5.74) is 6.68. The van der Waals surface area contributed by atoms with Crippen LogP contribution < -0.4 is 11.1 Å². The van der Waals surface area contributed by atoms with Crippen LogP contribution in [0.5, 0.6) is 0 Å². The van der Waals surface area contributed by atoms with Gasteiger partial charge >= 0.3 is 0 Å². The van der Waals surface area contributed by atoms with Gasteiger partial charge in [0.1, 0.15) is 5.82 Å². The molecule has 0 amide bonds. The standard InChI is InChI=1S/C11H16BrFN2/c1-7(2)15-11(6-14)9-4-3-8(13)5-10(9)12/h3-5,7,11,15H,6,14H2,1-2H3. The fraction of sp³-hybridized carbons (Fsp3) is 0.455. The molecule has 84 valence electrons. The van der Waals surface area contributed by atoms with E-state index in [0.717, 1.165) is 10.0 Å². The molecule has 0 saturated heterocycles. The van der Waals surface area contributed by atoms with Crippen LogP contribution in [-0.2, 0) is 0 Å². The van der Waals surface area contributed by atoms with Crippen LogP contribution in [0.15, 0.2) is 22.7 Å². The average Bonchev–Trinajstić information content (AvgIpc) is 2.14. The van der Waals surface area contributed by atoms with E-state index in [4.69, 9.17) is 5.73 Å². The molecule has 0 bridgehead atoms. The summed E-state index contributed by atoms with van der Waals surface area (Å²) in [5.74, 6) is -0.244. The van der Waals surface area contributed by atoms with Gasteiger partial charge in [-0.1, -0.05) is 35.8 Å². The molecule has 2 nitrogen and oxygen atoms in total. The lowest BCUT2D eigenvalue weighted by Gasteiger charge is -2.21. The van der Waals surface area contributed by atoms with Gasteiger partial charge in [-0.05, 0) is 17.7 Å². The number of rotatable bonds is 4. The van der Waals surface area contributed by atoms with Crippen LogP contribution in [0.2, 0.25) is 0 Å². The van der Waals surface area contributed by atoms with Crippen LogP contribution in [0.1, 0.15) is 25.5 Å². The number of benzene rings is 1. The van der Waals surface area contributed by atoms with Crippen molar-refractivity contribution in [2.24, 2.45) is 5.73 Å². The largest absolute Gasteiger partial charge is 0.329 e. The normalized spacial score (nSPS) is 13.2. The Morgan fingerprint density at radius 3 is 2.60 bits per heavy atom. The van der Waals surface area contributed by atoms with Gasteiger partial charge in [-0.25, -0.2) is 4.39 Å². The summed E-state index contributed by atoms with van der Waals surface area (Å²) in [6.07, 6.45) is 0. The SMILES string of the molecule is CC(C)NC(CN)c1ccc(F)cc1Br. The van der Waals surface area contributed by atoms with E-state index in [1.165, 1.54) is 12.1 Å². The van der Waals surface area contributed by atoms with Gasteiger partial charge in [-0.3, -0.25) is 0 Å². The Morgan fingerprint density at radius 2 is 2.13 bits per heavy atom. The first-order valence-electron chi connectivity index (χ1n) is 4.95. The van der Waals surface area contributed by atoms with Crippen LogP contribution >= 0.6 is 15.9 Å². The molecule has 0 saturated carbocycles. The maximum atomic E-state index is 12.9. The van der Waals surface area contributed by atoms with Crippen LogP contribution in [0.4, 0.5) is 4.39 Å². The van der Waals surface area contributed by atoms with Crippen molar-refractivity contribution in [1.82, 2.24) is 5.32 Å². The highest BCUT2D eigenvalue weighted by Gasteiger charge is 2.13. The highest BCUT2D eigenvalue weighted by Crippen LogP contribution is 2.24. The van der Waals surface area contributed by atoms with Crippen molar-refractivity contribution in [2.45, 2.75) is 25.9 Å². The van der Waals surface area contributed by atoms with E-state index in [1.807, 2.05) is 0 Å². The number of hydrogen-bond donors (Lipinski definition) is 2. The maximum absolute atomic E-state index is 12.9. The summed E-state index contributed by atoms with van der Waals surface area (Å²) in [7, 11) is 0. The molecule has 1 rings (SSSR count). The second-order valence-electron chi connectivity index (χ2n) is 3.78. The van der Waals surface area contributed by atoms with Gasteiger partial charge in [-0.15, -0.1) is 0 Å². The number of halogens is 2. The highest BCUT2D eigenvalue weighted by atomic mass is 79.9. The molecule has 0 aliphatic heterocycles. The maximum Gasteiger partial charge on any atom is 0.124 e.